The fourth-order valence-corrected chi connectivity index (χ4v) is 0.924. The number of rotatable bonds is 1. The quantitative estimate of drug-likeness (QED) is 0.621. The van der Waals surface area contributed by atoms with Gasteiger partial charge in [-0.15, -0.1) is 0 Å². The highest BCUT2D eigenvalue weighted by Crippen LogP contribution is 2.27. The lowest BCUT2D eigenvalue weighted by atomic mass is 10.2. The monoisotopic (exact) mass is 195 g/mol. The molecule has 0 fully saturated rings. The summed E-state index contributed by atoms with van der Waals surface area (Å²) in [5.41, 5.74) is -0.744. The third-order valence-electron chi connectivity index (χ3n) is 1.48. The summed E-state index contributed by atoms with van der Waals surface area (Å²) in [6.45, 7) is 1.34. The number of benzene rings is 1. The topological polar surface area (TPSA) is 3.24 Å². The molecule has 0 saturated carbocycles. The first-order chi connectivity index (χ1) is 5.54. The van der Waals surface area contributed by atoms with Crippen LogP contribution in [0.15, 0.2) is 12.1 Å². The highest BCUT2D eigenvalue weighted by atomic mass is 35.5. The van der Waals surface area contributed by atoms with Gasteiger partial charge in [-0.3, -0.25) is 0 Å². The molecule has 1 nitrogen and oxygen atoms in total. The first-order valence-corrected chi connectivity index (χ1v) is 3.48. The Morgan fingerprint density at radius 1 is 1.33 bits per heavy atom. The summed E-state index contributed by atoms with van der Waals surface area (Å²) in [7, 11) is 0. The molecule has 0 aliphatic carbocycles. The van der Waals surface area contributed by atoms with Crippen LogP contribution in [0.25, 0.3) is 0 Å². The Morgan fingerprint density at radius 3 is 2.42 bits per heavy atom. The Balaban J connectivity index is 3.27. The SMILES string of the molecule is Cc1c(Cl)ccc(N(F)F)c1F. The molecule has 0 radical (unpaired) electrons. The highest BCUT2D eigenvalue weighted by molar-refractivity contribution is 6.31. The van der Waals surface area contributed by atoms with Crippen molar-refractivity contribution < 1.29 is 13.4 Å². The van der Waals surface area contributed by atoms with E-state index in [1.54, 1.807) is 0 Å². The molecule has 0 aliphatic heterocycles. The van der Waals surface area contributed by atoms with Crippen LogP contribution in [0.3, 0.4) is 0 Å². The molecule has 1 aromatic carbocycles. The maximum absolute atomic E-state index is 12.9. The Kier molecular flexibility index (Phi) is 2.47. The predicted octanol–water partition coefficient (Wildman–Crippen LogP) is 3.36. The predicted molar refractivity (Wildman–Crippen MR) is 40.8 cm³/mol. The van der Waals surface area contributed by atoms with Crippen molar-refractivity contribution in [3.05, 3.63) is 28.5 Å². The van der Waals surface area contributed by atoms with Gasteiger partial charge in [-0.2, -0.15) is 0 Å². The first kappa shape index (κ1) is 9.19. The molecule has 0 bridgehead atoms. The molecule has 66 valence electrons. The van der Waals surface area contributed by atoms with Crippen LogP contribution in [0, 0.1) is 12.7 Å². The lowest BCUT2D eigenvalue weighted by Gasteiger charge is -2.06. The molecule has 5 heteroatoms. The van der Waals surface area contributed by atoms with Crippen LogP contribution in [0.1, 0.15) is 5.56 Å². The van der Waals surface area contributed by atoms with E-state index in [4.69, 9.17) is 11.6 Å². The van der Waals surface area contributed by atoms with Gasteiger partial charge < -0.3 is 0 Å². The third-order valence-corrected chi connectivity index (χ3v) is 1.89. The summed E-state index contributed by atoms with van der Waals surface area (Å²) < 4.78 is 36.7. The number of nitrogens with zero attached hydrogens (tertiary/aromatic N) is 1. The second kappa shape index (κ2) is 3.23. The summed E-state index contributed by atoms with van der Waals surface area (Å²) in [6.07, 6.45) is 0. The Labute approximate surface area is 72.2 Å². The van der Waals surface area contributed by atoms with Gasteiger partial charge in [0.25, 0.3) is 0 Å². The van der Waals surface area contributed by atoms with Crippen molar-refractivity contribution in [1.29, 1.82) is 0 Å². The van der Waals surface area contributed by atoms with Crippen LogP contribution in [0.2, 0.25) is 5.02 Å². The van der Waals surface area contributed by atoms with Gasteiger partial charge in [0.2, 0.25) is 0 Å². The lowest BCUT2D eigenvalue weighted by molar-refractivity contribution is 0.231. The fraction of sp³-hybridized carbons (Fsp3) is 0.143. The van der Waals surface area contributed by atoms with E-state index in [1.165, 1.54) is 13.0 Å². The fourth-order valence-electron chi connectivity index (χ4n) is 0.778. The average molecular weight is 196 g/mol. The molecule has 0 N–H and O–H groups in total. The lowest BCUT2D eigenvalue weighted by Crippen LogP contribution is -2.00. The number of hydrogen-bond acceptors (Lipinski definition) is 1. The van der Waals surface area contributed by atoms with E-state index in [1.807, 2.05) is 0 Å². The van der Waals surface area contributed by atoms with Crippen molar-refractivity contribution in [3.8, 4) is 0 Å². The largest absolute Gasteiger partial charge is 0.204 e. The number of anilines is 1. The molecular weight excluding hydrogens is 191 g/mol. The molecule has 0 atom stereocenters. The minimum Gasteiger partial charge on any atom is -0.204 e. The van der Waals surface area contributed by atoms with E-state index >= 15 is 0 Å². The molecule has 1 aromatic rings. The molecule has 0 aliphatic rings. The van der Waals surface area contributed by atoms with Gasteiger partial charge >= 0.3 is 0 Å². The van der Waals surface area contributed by atoms with E-state index in [0.717, 1.165) is 6.07 Å². The standard InChI is InChI=1S/C7H5ClF3N/c1-4-5(8)2-3-6(7(4)9)12(10)11/h2-3H,1H3. The summed E-state index contributed by atoms with van der Waals surface area (Å²) in [5.74, 6) is -0.993. The molecule has 0 heterocycles. The van der Waals surface area contributed by atoms with Crippen molar-refractivity contribution in [2.24, 2.45) is 0 Å². The molecule has 0 aromatic heterocycles. The van der Waals surface area contributed by atoms with Gasteiger partial charge in [0.1, 0.15) is 5.69 Å². The molecule has 0 unspecified atom stereocenters. The van der Waals surface area contributed by atoms with Crippen LogP contribution in [0.4, 0.5) is 19.0 Å². The molecule has 0 amide bonds. The van der Waals surface area contributed by atoms with Gasteiger partial charge in [-0.05, 0) is 24.4 Å². The maximum atomic E-state index is 12.9. The Morgan fingerprint density at radius 2 is 1.92 bits per heavy atom. The summed E-state index contributed by atoms with van der Waals surface area (Å²) in [5, 5.41) is -1.14. The highest BCUT2D eigenvalue weighted by Gasteiger charge is 2.14. The molecular formula is C7H5ClF3N. The van der Waals surface area contributed by atoms with Gasteiger partial charge in [0, 0.05) is 10.6 Å². The second-order valence-corrected chi connectivity index (χ2v) is 2.65. The van der Waals surface area contributed by atoms with Gasteiger partial charge in [0.15, 0.2) is 5.82 Å². The minimum absolute atomic E-state index is 0.0227. The van der Waals surface area contributed by atoms with Crippen LogP contribution in [-0.2, 0) is 0 Å². The minimum atomic E-state index is -1.28. The van der Waals surface area contributed by atoms with Gasteiger partial charge in [-0.1, -0.05) is 20.6 Å². The Bertz CT molecular complexity index is 301. The van der Waals surface area contributed by atoms with Crippen LogP contribution >= 0.6 is 11.6 Å². The van der Waals surface area contributed by atoms with Crippen LogP contribution in [0.5, 0.6) is 0 Å². The van der Waals surface area contributed by atoms with Crippen LogP contribution in [-0.4, -0.2) is 0 Å². The molecule has 1 rings (SSSR count). The van der Waals surface area contributed by atoms with Gasteiger partial charge in [-0.25, -0.2) is 4.39 Å². The molecule has 12 heavy (non-hydrogen) atoms. The van der Waals surface area contributed by atoms with E-state index in [2.05, 4.69) is 0 Å². The summed E-state index contributed by atoms with van der Waals surface area (Å²) in [4.78, 5) is 0. The smallest absolute Gasteiger partial charge is 0.156 e. The van der Waals surface area contributed by atoms with Crippen molar-refractivity contribution in [2.75, 3.05) is 5.34 Å². The number of hydrogen-bond donors (Lipinski definition) is 0. The molecule has 0 saturated heterocycles. The average Bonchev–Trinajstić information content (AvgIpc) is 2.00. The van der Waals surface area contributed by atoms with Crippen LogP contribution < -0.4 is 5.34 Å². The van der Waals surface area contributed by atoms with E-state index in [0.29, 0.717) is 0 Å². The summed E-state index contributed by atoms with van der Waals surface area (Å²) >= 11 is 5.49. The van der Waals surface area contributed by atoms with E-state index < -0.39 is 16.8 Å². The zero-order valence-electron chi connectivity index (χ0n) is 6.11. The van der Waals surface area contributed by atoms with Gasteiger partial charge in [0.05, 0.1) is 0 Å². The zero-order chi connectivity index (χ0) is 9.30. The Hall–Kier alpha value is -0.900. The van der Waals surface area contributed by atoms with Crippen molar-refractivity contribution in [1.82, 2.24) is 0 Å². The van der Waals surface area contributed by atoms with Crippen molar-refractivity contribution in [2.45, 2.75) is 6.92 Å². The van der Waals surface area contributed by atoms with E-state index in [-0.39, 0.29) is 10.6 Å². The van der Waals surface area contributed by atoms with Crippen molar-refractivity contribution >= 4 is 17.3 Å². The number of halogens is 4. The maximum Gasteiger partial charge on any atom is 0.156 e. The molecule has 0 spiro atoms. The zero-order valence-corrected chi connectivity index (χ0v) is 6.87. The first-order valence-electron chi connectivity index (χ1n) is 3.10. The summed E-state index contributed by atoms with van der Waals surface area (Å²) in [6, 6.07) is 2.14. The third kappa shape index (κ3) is 1.48. The normalized spacial score (nSPS) is 10.1. The van der Waals surface area contributed by atoms with E-state index in [9.17, 15) is 13.4 Å². The second-order valence-electron chi connectivity index (χ2n) is 2.24. The van der Waals surface area contributed by atoms with Crippen molar-refractivity contribution in [3.63, 3.8) is 0 Å².